The van der Waals surface area contributed by atoms with E-state index in [1.807, 2.05) is 4.90 Å². The molecule has 2 atom stereocenters. The Hall–Kier alpha value is -2.37. The average Bonchev–Trinajstić information content (AvgIpc) is 3.24. The summed E-state index contributed by atoms with van der Waals surface area (Å²) < 4.78 is 28.7. The number of amides is 1. The highest BCUT2D eigenvalue weighted by molar-refractivity contribution is 5.92. The minimum absolute atomic E-state index is 0.119. The number of likely N-dealkylation sites (tertiary alicyclic amines) is 1. The van der Waals surface area contributed by atoms with Gasteiger partial charge in [-0.3, -0.25) is 4.79 Å². The Bertz CT molecular complexity index is 1040. The van der Waals surface area contributed by atoms with Crippen LogP contribution in [0.3, 0.4) is 0 Å². The van der Waals surface area contributed by atoms with E-state index in [2.05, 4.69) is 37.9 Å². The van der Waals surface area contributed by atoms with Crippen LogP contribution in [0.2, 0.25) is 0 Å². The van der Waals surface area contributed by atoms with E-state index in [4.69, 9.17) is 0 Å². The molecular formula is C24H27F2N3O. The first kappa shape index (κ1) is 19.6. The molecule has 2 aromatic rings. The molecule has 1 aliphatic heterocycles. The van der Waals surface area contributed by atoms with Crippen LogP contribution in [-0.4, -0.2) is 34.1 Å². The number of fused-ring (bicyclic) bond motifs is 5. The summed E-state index contributed by atoms with van der Waals surface area (Å²) in [5.74, 6) is -1.05. The van der Waals surface area contributed by atoms with Crippen LogP contribution >= 0.6 is 0 Å². The third kappa shape index (κ3) is 2.39. The highest BCUT2D eigenvalue weighted by Crippen LogP contribution is 2.68. The molecule has 0 N–H and O–H groups in total. The Morgan fingerprint density at radius 1 is 1.10 bits per heavy atom. The summed E-state index contributed by atoms with van der Waals surface area (Å²) in [7, 11) is 0. The van der Waals surface area contributed by atoms with E-state index < -0.39 is 17.0 Å². The first-order valence-electron chi connectivity index (χ1n) is 10.7. The molecule has 1 aromatic carbocycles. The third-order valence-corrected chi connectivity index (χ3v) is 7.93. The summed E-state index contributed by atoms with van der Waals surface area (Å²) in [6, 6.07) is 5.55. The molecule has 3 aliphatic rings. The predicted molar refractivity (Wildman–Crippen MR) is 110 cm³/mol. The van der Waals surface area contributed by atoms with Gasteiger partial charge in [-0.05, 0) is 59.8 Å². The standard InChI is InChI=1S/C24H27F2N3O/c1-22(2)10-11-29(13-22)21(30)24-9-8-15(23(24,3)4)14-12-18(27-28-20(14)24)19-16(25)6-5-7-17(19)26/h5-7,12,15H,8-11,13H2,1-4H3/t15-,24+/m1/s1. The largest absolute Gasteiger partial charge is 0.341 e. The van der Waals surface area contributed by atoms with Crippen LogP contribution in [0.5, 0.6) is 0 Å². The minimum atomic E-state index is -0.716. The molecule has 30 heavy (non-hydrogen) atoms. The fourth-order valence-corrected chi connectivity index (χ4v) is 6.22. The lowest BCUT2D eigenvalue weighted by Crippen LogP contribution is -2.51. The number of aromatic nitrogens is 2. The lowest BCUT2D eigenvalue weighted by atomic mass is 9.67. The quantitative estimate of drug-likeness (QED) is 0.711. The van der Waals surface area contributed by atoms with Crippen molar-refractivity contribution in [2.24, 2.45) is 10.8 Å². The summed E-state index contributed by atoms with van der Waals surface area (Å²) in [6.45, 7) is 10.2. The van der Waals surface area contributed by atoms with Crippen LogP contribution in [0.1, 0.15) is 64.1 Å². The van der Waals surface area contributed by atoms with Crippen LogP contribution in [-0.2, 0) is 10.2 Å². The van der Waals surface area contributed by atoms with E-state index in [1.165, 1.54) is 18.2 Å². The summed E-state index contributed by atoms with van der Waals surface area (Å²) in [5.41, 5.74) is 0.748. The third-order valence-electron chi connectivity index (χ3n) is 7.93. The SMILES string of the molecule is CC1(C)CCN(C(=O)[C@]23CC[C@H](c4cc(-c5c(F)cccc5F)nnc42)C3(C)C)C1. The number of hydrogen-bond donors (Lipinski definition) is 0. The highest BCUT2D eigenvalue weighted by Gasteiger charge is 2.68. The van der Waals surface area contributed by atoms with Crippen molar-refractivity contribution in [3.8, 4) is 11.3 Å². The second-order valence-corrected chi connectivity index (χ2v) is 10.5. The molecule has 2 bridgehead atoms. The van der Waals surface area contributed by atoms with Crippen molar-refractivity contribution in [2.75, 3.05) is 13.1 Å². The van der Waals surface area contributed by atoms with Gasteiger partial charge in [0.2, 0.25) is 5.91 Å². The molecule has 1 saturated carbocycles. The molecule has 6 heteroatoms. The highest BCUT2D eigenvalue weighted by atomic mass is 19.1. The van der Waals surface area contributed by atoms with Gasteiger partial charge in [0.1, 0.15) is 11.6 Å². The smallest absolute Gasteiger partial charge is 0.235 e. The van der Waals surface area contributed by atoms with Crippen molar-refractivity contribution in [1.82, 2.24) is 15.1 Å². The van der Waals surface area contributed by atoms with E-state index in [9.17, 15) is 13.6 Å². The molecule has 4 nitrogen and oxygen atoms in total. The Morgan fingerprint density at radius 3 is 2.43 bits per heavy atom. The lowest BCUT2D eigenvalue weighted by molar-refractivity contribution is -0.140. The normalized spacial score (nSPS) is 28.1. The Kier molecular flexibility index (Phi) is 3.97. The lowest BCUT2D eigenvalue weighted by Gasteiger charge is -2.39. The first-order chi connectivity index (χ1) is 14.1. The number of rotatable bonds is 2. The number of carbonyl (C=O) groups excluding carboxylic acids is 1. The van der Waals surface area contributed by atoms with E-state index >= 15 is 0 Å². The number of nitrogens with zero attached hydrogens (tertiary/aromatic N) is 3. The van der Waals surface area contributed by atoms with Gasteiger partial charge in [-0.15, -0.1) is 5.10 Å². The number of hydrogen-bond acceptors (Lipinski definition) is 3. The number of halogens is 2. The van der Waals surface area contributed by atoms with Crippen LogP contribution in [0.15, 0.2) is 24.3 Å². The molecule has 0 unspecified atom stereocenters. The van der Waals surface area contributed by atoms with Gasteiger partial charge in [-0.25, -0.2) is 8.78 Å². The number of benzene rings is 1. The van der Waals surface area contributed by atoms with Gasteiger partial charge in [-0.1, -0.05) is 33.8 Å². The molecule has 5 rings (SSSR count). The van der Waals surface area contributed by atoms with Crippen molar-refractivity contribution in [2.45, 2.75) is 58.3 Å². The molecule has 158 valence electrons. The van der Waals surface area contributed by atoms with Crippen molar-refractivity contribution in [3.05, 3.63) is 47.2 Å². The molecule has 0 radical (unpaired) electrons. The van der Waals surface area contributed by atoms with Gasteiger partial charge in [0.25, 0.3) is 0 Å². The van der Waals surface area contributed by atoms with Gasteiger partial charge in [0.15, 0.2) is 0 Å². The van der Waals surface area contributed by atoms with Crippen molar-refractivity contribution in [1.29, 1.82) is 0 Å². The molecule has 0 spiro atoms. The van der Waals surface area contributed by atoms with Crippen molar-refractivity contribution in [3.63, 3.8) is 0 Å². The van der Waals surface area contributed by atoms with Gasteiger partial charge in [-0.2, -0.15) is 5.10 Å². The molecule has 1 aromatic heterocycles. The maximum absolute atomic E-state index is 14.3. The second-order valence-electron chi connectivity index (χ2n) is 10.5. The fraction of sp³-hybridized carbons (Fsp3) is 0.542. The Balaban J connectivity index is 1.62. The molecular weight excluding hydrogens is 384 g/mol. The van der Waals surface area contributed by atoms with Crippen LogP contribution < -0.4 is 0 Å². The van der Waals surface area contributed by atoms with E-state index in [-0.39, 0.29) is 33.9 Å². The topological polar surface area (TPSA) is 46.1 Å². The number of carbonyl (C=O) groups is 1. The molecule has 2 fully saturated rings. The van der Waals surface area contributed by atoms with Crippen LogP contribution in [0, 0.1) is 22.5 Å². The van der Waals surface area contributed by atoms with Gasteiger partial charge < -0.3 is 4.90 Å². The van der Waals surface area contributed by atoms with E-state index in [0.717, 1.165) is 37.9 Å². The monoisotopic (exact) mass is 411 g/mol. The predicted octanol–water partition coefficient (Wildman–Crippen LogP) is 4.84. The fourth-order valence-electron chi connectivity index (χ4n) is 6.22. The van der Waals surface area contributed by atoms with E-state index in [0.29, 0.717) is 5.69 Å². The zero-order valence-corrected chi connectivity index (χ0v) is 17.9. The summed E-state index contributed by atoms with van der Waals surface area (Å²) in [5, 5.41) is 8.67. The molecule has 2 aliphatic carbocycles. The minimum Gasteiger partial charge on any atom is -0.341 e. The average molecular weight is 411 g/mol. The van der Waals surface area contributed by atoms with Gasteiger partial charge >= 0.3 is 0 Å². The Morgan fingerprint density at radius 2 is 1.80 bits per heavy atom. The zero-order chi connectivity index (χ0) is 21.5. The molecule has 2 heterocycles. The summed E-state index contributed by atoms with van der Waals surface area (Å²) in [4.78, 5) is 15.9. The van der Waals surface area contributed by atoms with Gasteiger partial charge in [0, 0.05) is 13.1 Å². The maximum Gasteiger partial charge on any atom is 0.235 e. The Labute approximate surface area is 175 Å². The zero-order valence-electron chi connectivity index (χ0n) is 17.9. The van der Waals surface area contributed by atoms with Crippen molar-refractivity contribution >= 4 is 5.91 Å². The first-order valence-corrected chi connectivity index (χ1v) is 10.7. The van der Waals surface area contributed by atoms with Crippen LogP contribution in [0.25, 0.3) is 11.3 Å². The summed E-state index contributed by atoms with van der Waals surface area (Å²) >= 11 is 0. The molecule has 1 amide bonds. The van der Waals surface area contributed by atoms with Gasteiger partial charge in [0.05, 0.1) is 22.4 Å². The van der Waals surface area contributed by atoms with Crippen molar-refractivity contribution < 1.29 is 13.6 Å². The summed E-state index contributed by atoms with van der Waals surface area (Å²) in [6.07, 6.45) is 2.60. The maximum atomic E-state index is 14.3. The second kappa shape index (κ2) is 6.08. The molecule has 1 saturated heterocycles. The van der Waals surface area contributed by atoms with Crippen LogP contribution in [0.4, 0.5) is 8.78 Å². The van der Waals surface area contributed by atoms with E-state index in [1.54, 1.807) is 6.07 Å².